The molecule has 0 fully saturated rings. The fraction of sp³-hybridized carbons (Fsp3) is 0.400. The van der Waals surface area contributed by atoms with Crippen molar-refractivity contribution < 1.29 is 5.11 Å². The van der Waals surface area contributed by atoms with E-state index in [1.54, 1.807) is 12.1 Å². The van der Waals surface area contributed by atoms with Gasteiger partial charge in [-0.05, 0) is 30.7 Å². The van der Waals surface area contributed by atoms with Crippen LogP contribution in [0.5, 0.6) is 0 Å². The molecule has 0 aliphatic carbocycles. The lowest BCUT2D eigenvalue weighted by atomic mass is 10.1. The van der Waals surface area contributed by atoms with Gasteiger partial charge in [0.25, 0.3) is 0 Å². The summed E-state index contributed by atoms with van der Waals surface area (Å²) in [6, 6.07) is 5.47. The fourth-order valence-electron chi connectivity index (χ4n) is 1.13. The number of benzene rings is 1. The van der Waals surface area contributed by atoms with Gasteiger partial charge in [0.15, 0.2) is 0 Å². The second-order valence-corrected chi connectivity index (χ2v) is 3.42. The van der Waals surface area contributed by atoms with Crippen molar-refractivity contribution >= 4 is 23.8 Å². The third kappa shape index (κ3) is 4.38. The van der Waals surface area contributed by atoms with Crippen molar-refractivity contribution in [1.29, 1.82) is 0 Å². The minimum atomic E-state index is 0. The molecule has 1 rings (SSSR count). The largest absolute Gasteiger partial charge is 0.399 e. The van der Waals surface area contributed by atoms with Crippen LogP contribution in [-0.2, 0) is 6.54 Å². The van der Waals surface area contributed by atoms with Gasteiger partial charge in [0.1, 0.15) is 0 Å². The number of anilines is 2. The van der Waals surface area contributed by atoms with E-state index in [1.807, 2.05) is 13.0 Å². The molecule has 0 aliphatic rings. The minimum absolute atomic E-state index is 0. The van der Waals surface area contributed by atoms with Gasteiger partial charge in [-0.2, -0.15) is 0 Å². The average Bonchev–Trinajstić information content (AvgIpc) is 2.19. The van der Waals surface area contributed by atoms with Gasteiger partial charge >= 0.3 is 0 Å². The van der Waals surface area contributed by atoms with Crippen LogP contribution in [0.15, 0.2) is 18.2 Å². The van der Waals surface area contributed by atoms with E-state index >= 15 is 0 Å². The molecule has 1 aromatic carbocycles. The van der Waals surface area contributed by atoms with Gasteiger partial charge in [0.2, 0.25) is 0 Å². The minimum Gasteiger partial charge on any atom is -0.399 e. The van der Waals surface area contributed by atoms with Crippen LogP contribution in [-0.4, -0.2) is 17.8 Å². The highest BCUT2D eigenvalue weighted by Gasteiger charge is 2.02. The lowest BCUT2D eigenvalue weighted by Gasteiger charge is -2.12. The summed E-state index contributed by atoms with van der Waals surface area (Å²) in [4.78, 5) is 0. The van der Waals surface area contributed by atoms with Crippen molar-refractivity contribution in [2.75, 3.05) is 18.1 Å². The summed E-state index contributed by atoms with van der Waals surface area (Å²) in [6.45, 7) is 2.64. The first-order valence-corrected chi connectivity index (χ1v) is 4.61. The molecule has 0 spiro atoms. The topological polar surface area (TPSA) is 84.3 Å². The highest BCUT2D eigenvalue weighted by Crippen LogP contribution is 2.15. The molecule has 1 aromatic rings. The van der Waals surface area contributed by atoms with Crippen LogP contribution in [0.2, 0.25) is 0 Å². The molecule has 15 heavy (non-hydrogen) atoms. The number of aliphatic hydroxyl groups is 1. The van der Waals surface area contributed by atoms with Gasteiger partial charge in [-0.15, -0.1) is 12.4 Å². The van der Waals surface area contributed by atoms with Crippen molar-refractivity contribution in [2.24, 2.45) is 0 Å². The van der Waals surface area contributed by atoms with E-state index in [0.29, 0.717) is 12.2 Å². The van der Waals surface area contributed by atoms with Crippen LogP contribution in [0.1, 0.15) is 12.5 Å². The third-order valence-electron chi connectivity index (χ3n) is 2.08. The highest BCUT2D eigenvalue weighted by atomic mass is 35.5. The van der Waals surface area contributed by atoms with Crippen molar-refractivity contribution in [3.05, 3.63) is 23.8 Å². The number of aliphatic hydroxyl groups excluding tert-OH is 1. The zero-order valence-corrected chi connectivity index (χ0v) is 9.55. The Balaban J connectivity index is 0.00000196. The van der Waals surface area contributed by atoms with E-state index in [0.717, 1.165) is 11.3 Å². The van der Waals surface area contributed by atoms with Crippen LogP contribution in [0.4, 0.5) is 11.4 Å². The molecule has 0 bridgehead atoms. The Morgan fingerprint density at radius 2 is 2.07 bits per heavy atom. The Kier molecular flexibility index (Phi) is 6.08. The Bertz CT molecular complexity index is 307. The quantitative estimate of drug-likeness (QED) is 0.576. The van der Waals surface area contributed by atoms with Crippen molar-refractivity contribution in [1.82, 2.24) is 5.32 Å². The highest BCUT2D eigenvalue weighted by molar-refractivity contribution is 5.85. The second kappa shape index (κ2) is 6.50. The summed E-state index contributed by atoms with van der Waals surface area (Å²) in [5.41, 5.74) is 13.8. The Morgan fingerprint density at radius 1 is 1.40 bits per heavy atom. The Hall–Kier alpha value is -0.970. The molecule has 86 valence electrons. The molecule has 0 saturated heterocycles. The molecule has 0 heterocycles. The molecule has 4 nitrogen and oxygen atoms in total. The smallest absolute Gasteiger partial charge is 0.0582 e. The number of nitrogen functional groups attached to an aromatic ring is 2. The maximum Gasteiger partial charge on any atom is 0.0582 e. The van der Waals surface area contributed by atoms with Gasteiger partial charge in [0, 0.05) is 24.0 Å². The number of hydrogen-bond donors (Lipinski definition) is 4. The first-order valence-electron chi connectivity index (χ1n) is 4.61. The van der Waals surface area contributed by atoms with Crippen LogP contribution < -0.4 is 16.8 Å². The van der Waals surface area contributed by atoms with Crippen LogP contribution >= 0.6 is 12.4 Å². The van der Waals surface area contributed by atoms with Crippen molar-refractivity contribution in [2.45, 2.75) is 19.5 Å². The SMILES string of the molecule is CC(CO)NCc1cc(N)ccc1N.Cl. The van der Waals surface area contributed by atoms with Gasteiger partial charge in [-0.1, -0.05) is 0 Å². The first-order chi connectivity index (χ1) is 6.63. The molecule has 1 unspecified atom stereocenters. The zero-order valence-electron chi connectivity index (χ0n) is 8.73. The molecule has 0 saturated carbocycles. The van der Waals surface area contributed by atoms with E-state index in [2.05, 4.69) is 5.32 Å². The van der Waals surface area contributed by atoms with E-state index in [1.165, 1.54) is 0 Å². The summed E-state index contributed by atoms with van der Waals surface area (Å²) in [5.74, 6) is 0. The average molecular weight is 232 g/mol. The maximum absolute atomic E-state index is 8.82. The molecular weight excluding hydrogens is 214 g/mol. The second-order valence-electron chi connectivity index (χ2n) is 3.42. The Labute approximate surface area is 96.1 Å². The standard InChI is InChI=1S/C10H17N3O.ClH/c1-7(6-14)13-5-8-4-9(11)2-3-10(8)12;/h2-4,7,13-14H,5-6,11-12H2,1H3;1H. The lowest BCUT2D eigenvalue weighted by molar-refractivity contribution is 0.251. The molecular formula is C10H18ClN3O. The number of nitrogens with two attached hydrogens (primary N) is 2. The van der Waals surface area contributed by atoms with E-state index in [4.69, 9.17) is 16.6 Å². The molecule has 1 atom stereocenters. The monoisotopic (exact) mass is 231 g/mol. The number of hydrogen-bond acceptors (Lipinski definition) is 4. The zero-order chi connectivity index (χ0) is 10.6. The van der Waals surface area contributed by atoms with Crippen LogP contribution in [0.3, 0.4) is 0 Å². The van der Waals surface area contributed by atoms with Crippen molar-refractivity contribution in [3.63, 3.8) is 0 Å². The van der Waals surface area contributed by atoms with E-state index < -0.39 is 0 Å². The number of rotatable bonds is 4. The third-order valence-corrected chi connectivity index (χ3v) is 2.08. The van der Waals surface area contributed by atoms with Crippen LogP contribution in [0, 0.1) is 0 Å². The van der Waals surface area contributed by atoms with Crippen molar-refractivity contribution in [3.8, 4) is 0 Å². The molecule has 0 aliphatic heterocycles. The van der Waals surface area contributed by atoms with Gasteiger partial charge in [-0.3, -0.25) is 0 Å². The summed E-state index contributed by atoms with van der Waals surface area (Å²) >= 11 is 0. The van der Waals surface area contributed by atoms with Gasteiger partial charge < -0.3 is 21.9 Å². The lowest BCUT2D eigenvalue weighted by Crippen LogP contribution is -2.28. The molecule has 0 amide bonds. The molecule has 0 aromatic heterocycles. The normalized spacial score (nSPS) is 11.9. The van der Waals surface area contributed by atoms with Gasteiger partial charge in [-0.25, -0.2) is 0 Å². The molecule has 5 heteroatoms. The molecule has 6 N–H and O–H groups in total. The Morgan fingerprint density at radius 3 is 2.67 bits per heavy atom. The van der Waals surface area contributed by atoms with E-state index in [-0.39, 0.29) is 25.1 Å². The summed E-state index contributed by atoms with van der Waals surface area (Å²) in [6.07, 6.45) is 0. The predicted molar refractivity (Wildman–Crippen MR) is 65.9 cm³/mol. The predicted octanol–water partition coefficient (Wildman–Crippen LogP) is 0.743. The van der Waals surface area contributed by atoms with Gasteiger partial charge in [0.05, 0.1) is 6.61 Å². The fourth-order valence-corrected chi connectivity index (χ4v) is 1.13. The summed E-state index contributed by atoms with van der Waals surface area (Å²) in [7, 11) is 0. The maximum atomic E-state index is 8.82. The number of halogens is 1. The van der Waals surface area contributed by atoms with E-state index in [9.17, 15) is 0 Å². The number of nitrogens with one attached hydrogen (secondary N) is 1. The molecule has 0 radical (unpaired) electrons. The first kappa shape index (κ1) is 14.0. The summed E-state index contributed by atoms with van der Waals surface area (Å²) < 4.78 is 0. The van der Waals surface area contributed by atoms with Crippen LogP contribution in [0.25, 0.3) is 0 Å². The summed E-state index contributed by atoms with van der Waals surface area (Å²) in [5, 5.41) is 11.9.